The molecule has 1 atom stereocenters. The monoisotopic (exact) mass is 166 g/mol. The normalized spacial score (nSPS) is 33.2. The molecule has 0 N–H and O–H groups in total. The third-order valence-corrected chi connectivity index (χ3v) is 2.62. The van der Waals surface area contributed by atoms with Crippen molar-refractivity contribution in [3.05, 3.63) is 12.2 Å². The van der Waals surface area contributed by atoms with Gasteiger partial charge in [-0.25, -0.2) is 0 Å². The van der Waals surface area contributed by atoms with Crippen molar-refractivity contribution in [3.63, 3.8) is 0 Å². The summed E-state index contributed by atoms with van der Waals surface area (Å²) in [5.41, 5.74) is 0.482. The van der Waals surface area contributed by atoms with Gasteiger partial charge in [0.25, 0.3) is 0 Å². The predicted octanol–water partition coefficient (Wildman–Crippen LogP) is 2.96. The summed E-state index contributed by atoms with van der Waals surface area (Å²) < 4.78 is 0. The van der Waals surface area contributed by atoms with Gasteiger partial charge in [-0.3, -0.25) is 0 Å². The van der Waals surface area contributed by atoms with Gasteiger partial charge in [0.15, 0.2) is 0 Å². The maximum atomic E-state index is 10.5. The van der Waals surface area contributed by atoms with E-state index in [4.69, 9.17) is 0 Å². The molecule has 0 heterocycles. The zero-order valence-corrected chi connectivity index (χ0v) is 8.26. The summed E-state index contributed by atoms with van der Waals surface area (Å²) in [4.78, 5) is 10.5. The van der Waals surface area contributed by atoms with Gasteiger partial charge in [0.05, 0.1) is 0 Å². The Hall–Kier alpha value is -0.590. The minimum atomic E-state index is 0.115. The van der Waals surface area contributed by atoms with Crippen LogP contribution in [0.2, 0.25) is 0 Å². The molecule has 0 aromatic carbocycles. The minimum absolute atomic E-state index is 0.115. The summed E-state index contributed by atoms with van der Waals surface area (Å²) in [5, 5.41) is 0. The van der Waals surface area contributed by atoms with Gasteiger partial charge in [0.1, 0.15) is 6.29 Å². The third kappa shape index (κ3) is 2.20. The summed E-state index contributed by atoms with van der Waals surface area (Å²) >= 11 is 0. The van der Waals surface area contributed by atoms with Gasteiger partial charge in [-0.15, -0.1) is 0 Å². The van der Waals surface area contributed by atoms with Crippen molar-refractivity contribution in [1.29, 1.82) is 0 Å². The molecule has 0 aliphatic heterocycles. The van der Waals surface area contributed by atoms with Gasteiger partial charge in [-0.05, 0) is 23.7 Å². The van der Waals surface area contributed by atoms with Gasteiger partial charge in [0, 0.05) is 6.42 Å². The molecule has 1 nitrogen and oxygen atoms in total. The molecule has 0 amide bonds. The quantitative estimate of drug-likeness (QED) is 0.455. The molecule has 0 aromatic rings. The highest BCUT2D eigenvalue weighted by atomic mass is 16.1. The van der Waals surface area contributed by atoms with Crippen molar-refractivity contribution in [2.75, 3.05) is 0 Å². The van der Waals surface area contributed by atoms with Crippen LogP contribution >= 0.6 is 0 Å². The van der Waals surface area contributed by atoms with E-state index in [0.29, 0.717) is 11.8 Å². The van der Waals surface area contributed by atoms with Crippen LogP contribution < -0.4 is 0 Å². The van der Waals surface area contributed by atoms with Crippen LogP contribution in [0.3, 0.4) is 0 Å². The fourth-order valence-corrected chi connectivity index (χ4v) is 2.22. The largest absolute Gasteiger partial charge is 0.303 e. The van der Waals surface area contributed by atoms with E-state index in [2.05, 4.69) is 32.9 Å². The number of hydrogen-bond acceptors (Lipinski definition) is 1. The molecule has 1 aliphatic rings. The molecule has 0 spiro atoms. The van der Waals surface area contributed by atoms with E-state index >= 15 is 0 Å². The zero-order valence-electron chi connectivity index (χ0n) is 8.26. The Morgan fingerprint density at radius 1 is 1.42 bits per heavy atom. The molecule has 1 aliphatic carbocycles. The van der Waals surface area contributed by atoms with E-state index in [9.17, 15) is 4.79 Å². The highest BCUT2D eigenvalue weighted by molar-refractivity contribution is 5.51. The average Bonchev–Trinajstić information content (AvgIpc) is 1.83. The molecule has 12 heavy (non-hydrogen) atoms. The van der Waals surface area contributed by atoms with Crippen LogP contribution in [0, 0.1) is 10.8 Å². The molecule has 1 rings (SSSR count). The molecule has 0 unspecified atom stereocenters. The summed E-state index contributed by atoms with van der Waals surface area (Å²) in [6, 6.07) is 0. The van der Waals surface area contributed by atoms with Crippen LogP contribution in [0.1, 0.15) is 40.0 Å². The van der Waals surface area contributed by atoms with Crippen LogP contribution in [0.15, 0.2) is 12.2 Å². The van der Waals surface area contributed by atoms with Crippen LogP contribution in [-0.2, 0) is 4.79 Å². The molecule has 0 radical (unpaired) electrons. The number of hydrogen-bond donors (Lipinski definition) is 0. The van der Waals surface area contributed by atoms with Crippen LogP contribution in [0.4, 0.5) is 0 Å². The van der Waals surface area contributed by atoms with E-state index in [1.54, 1.807) is 0 Å². The Morgan fingerprint density at radius 3 is 2.58 bits per heavy atom. The topological polar surface area (TPSA) is 17.1 Å². The summed E-state index contributed by atoms with van der Waals surface area (Å²) in [6.07, 6.45) is 8.37. The smallest absolute Gasteiger partial charge is 0.120 e. The molecule has 0 fully saturated rings. The second-order valence-electron chi connectivity index (χ2n) is 4.97. The van der Waals surface area contributed by atoms with Crippen LogP contribution in [-0.4, -0.2) is 6.29 Å². The van der Waals surface area contributed by atoms with Gasteiger partial charge < -0.3 is 4.79 Å². The Morgan fingerprint density at radius 2 is 2.08 bits per heavy atom. The lowest BCUT2D eigenvalue weighted by atomic mass is 9.67. The molecule has 0 saturated carbocycles. The second-order valence-corrected chi connectivity index (χ2v) is 4.97. The SMILES string of the molecule is CC1(C)CC=C[C@](C)(CC=O)C1. The molecular formula is C11H18O. The maximum Gasteiger partial charge on any atom is 0.120 e. The van der Waals surface area contributed by atoms with Crippen molar-refractivity contribution < 1.29 is 4.79 Å². The molecule has 0 bridgehead atoms. The van der Waals surface area contributed by atoms with Gasteiger partial charge >= 0.3 is 0 Å². The Kier molecular flexibility index (Phi) is 2.41. The lowest BCUT2D eigenvalue weighted by molar-refractivity contribution is -0.109. The number of rotatable bonds is 2. The van der Waals surface area contributed by atoms with Crippen LogP contribution in [0.25, 0.3) is 0 Å². The molecule has 68 valence electrons. The summed E-state index contributed by atoms with van der Waals surface area (Å²) in [5.74, 6) is 0. The van der Waals surface area contributed by atoms with Crippen molar-refractivity contribution in [2.24, 2.45) is 10.8 Å². The lowest BCUT2D eigenvalue weighted by Gasteiger charge is -2.37. The van der Waals surface area contributed by atoms with E-state index in [-0.39, 0.29) is 5.41 Å². The number of aldehydes is 1. The Balaban J connectivity index is 2.74. The zero-order chi connectivity index (χ0) is 9.24. The first-order valence-corrected chi connectivity index (χ1v) is 4.59. The van der Waals surface area contributed by atoms with E-state index in [1.807, 2.05) is 0 Å². The highest BCUT2D eigenvalue weighted by Gasteiger charge is 2.32. The second kappa shape index (κ2) is 3.04. The third-order valence-electron chi connectivity index (χ3n) is 2.62. The van der Waals surface area contributed by atoms with Crippen molar-refractivity contribution in [1.82, 2.24) is 0 Å². The molecule has 0 saturated heterocycles. The molecular weight excluding hydrogens is 148 g/mol. The Bertz CT molecular complexity index is 203. The average molecular weight is 166 g/mol. The van der Waals surface area contributed by atoms with Crippen molar-refractivity contribution in [3.8, 4) is 0 Å². The van der Waals surface area contributed by atoms with E-state index in [0.717, 1.165) is 19.1 Å². The maximum absolute atomic E-state index is 10.5. The summed E-state index contributed by atoms with van der Waals surface area (Å²) in [6.45, 7) is 6.69. The first-order chi connectivity index (χ1) is 5.47. The highest BCUT2D eigenvalue weighted by Crippen LogP contribution is 2.43. The number of allylic oxidation sites excluding steroid dienone is 2. The van der Waals surface area contributed by atoms with E-state index in [1.165, 1.54) is 0 Å². The Labute approximate surface area is 74.9 Å². The molecule has 0 aromatic heterocycles. The summed E-state index contributed by atoms with van der Waals surface area (Å²) in [7, 11) is 0. The van der Waals surface area contributed by atoms with Crippen LogP contribution in [0.5, 0.6) is 0 Å². The van der Waals surface area contributed by atoms with Crippen molar-refractivity contribution >= 4 is 6.29 Å². The fraction of sp³-hybridized carbons (Fsp3) is 0.727. The number of carbonyl (C=O) groups excluding carboxylic acids is 1. The first-order valence-electron chi connectivity index (χ1n) is 4.59. The fourth-order valence-electron chi connectivity index (χ4n) is 2.22. The van der Waals surface area contributed by atoms with E-state index < -0.39 is 0 Å². The number of carbonyl (C=O) groups is 1. The van der Waals surface area contributed by atoms with Gasteiger partial charge in [0.2, 0.25) is 0 Å². The standard InChI is InChI=1S/C11H18O/c1-10(2)5-4-6-11(3,9-10)7-8-12/h4,6,8H,5,7,9H2,1-3H3/t11-/m1/s1. The van der Waals surface area contributed by atoms with Gasteiger partial charge in [-0.2, -0.15) is 0 Å². The predicted molar refractivity (Wildman–Crippen MR) is 50.9 cm³/mol. The van der Waals surface area contributed by atoms with Crippen molar-refractivity contribution in [2.45, 2.75) is 40.0 Å². The molecule has 1 heteroatoms. The van der Waals surface area contributed by atoms with Gasteiger partial charge in [-0.1, -0.05) is 32.9 Å². The minimum Gasteiger partial charge on any atom is -0.303 e. The first kappa shape index (κ1) is 9.50. The lowest BCUT2D eigenvalue weighted by Crippen LogP contribution is -2.27.